The van der Waals surface area contributed by atoms with Crippen LogP contribution in [0.5, 0.6) is 0 Å². The van der Waals surface area contributed by atoms with Crippen LogP contribution in [0.4, 0.5) is 0 Å². The Bertz CT molecular complexity index is 292. The van der Waals surface area contributed by atoms with E-state index in [1.54, 1.807) is 0 Å². The molecule has 0 radical (unpaired) electrons. The molecule has 0 aliphatic carbocycles. The van der Waals surface area contributed by atoms with E-state index in [2.05, 4.69) is 43.4 Å². The van der Waals surface area contributed by atoms with Crippen molar-refractivity contribution in [3.8, 4) is 0 Å². The lowest BCUT2D eigenvalue weighted by molar-refractivity contribution is 0.276. The molecule has 0 saturated heterocycles. The second-order valence-electron chi connectivity index (χ2n) is 4.53. The molecular weight excluding hydrogens is 198 g/mol. The highest BCUT2D eigenvalue weighted by molar-refractivity contribution is 5.26. The fourth-order valence-electron chi connectivity index (χ4n) is 1.89. The van der Waals surface area contributed by atoms with Gasteiger partial charge < -0.3 is 10.4 Å². The molecule has 0 heterocycles. The third-order valence-electron chi connectivity index (χ3n) is 3.00. The summed E-state index contributed by atoms with van der Waals surface area (Å²) >= 11 is 0. The average Bonchev–Trinajstić information content (AvgIpc) is 2.30. The summed E-state index contributed by atoms with van der Waals surface area (Å²) in [5.41, 5.74) is 2.68. The molecule has 0 aliphatic rings. The van der Waals surface area contributed by atoms with Crippen molar-refractivity contribution < 1.29 is 5.11 Å². The second kappa shape index (κ2) is 6.66. The van der Waals surface area contributed by atoms with Crippen LogP contribution in [0, 0.1) is 0 Å². The van der Waals surface area contributed by atoms with Crippen LogP contribution in [0.1, 0.15) is 49.8 Å². The van der Waals surface area contributed by atoms with Crippen LogP contribution in [-0.4, -0.2) is 18.8 Å². The Kier molecular flexibility index (Phi) is 5.50. The fourth-order valence-corrected chi connectivity index (χ4v) is 1.89. The zero-order valence-corrected chi connectivity index (χ0v) is 10.5. The van der Waals surface area contributed by atoms with E-state index in [1.165, 1.54) is 11.1 Å². The molecule has 0 aromatic heterocycles. The van der Waals surface area contributed by atoms with E-state index in [0.29, 0.717) is 12.0 Å². The molecule has 1 rings (SSSR count). The van der Waals surface area contributed by atoms with E-state index in [9.17, 15) is 0 Å². The first kappa shape index (κ1) is 13.2. The van der Waals surface area contributed by atoms with Crippen LogP contribution in [0.2, 0.25) is 0 Å². The first-order valence-electron chi connectivity index (χ1n) is 6.07. The molecule has 90 valence electrons. The molecule has 0 spiro atoms. The molecule has 0 fully saturated rings. The van der Waals surface area contributed by atoms with E-state index in [-0.39, 0.29) is 6.61 Å². The summed E-state index contributed by atoms with van der Waals surface area (Å²) in [5.74, 6) is 0.583. The van der Waals surface area contributed by atoms with Gasteiger partial charge in [0.15, 0.2) is 0 Å². The first-order valence-corrected chi connectivity index (χ1v) is 6.07. The summed E-state index contributed by atoms with van der Waals surface area (Å²) < 4.78 is 0. The maximum Gasteiger partial charge on any atom is 0.0431 e. The minimum absolute atomic E-state index is 0.266. The van der Waals surface area contributed by atoms with Crippen molar-refractivity contribution in [1.29, 1.82) is 0 Å². The number of rotatable bonds is 6. The Balaban J connectivity index is 2.70. The smallest absolute Gasteiger partial charge is 0.0431 e. The maximum absolute atomic E-state index is 8.85. The zero-order chi connectivity index (χ0) is 12.0. The molecule has 1 unspecified atom stereocenters. The van der Waals surface area contributed by atoms with E-state index in [0.717, 1.165) is 12.8 Å². The van der Waals surface area contributed by atoms with Crippen molar-refractivity contribution in [3.05, 3.63) is 35.4 Å². The number of aliphatic hydroxyl groups excluding tert-OH is 1. The number of hydrogen-bond donors (Lipinski definition) is 2. The van der Waals surface area contributed by atoms with Crippen molar-refractivity contribution in [2.75, 3.05) is 13.7 Å². The van der Waals surface area contributed by atoms with Crippen LogP contribution in [-0.2, 0) is 0 Å². The zero-order valence-electron chi connectivity index (χ0n) is 10.5. The Labute approximate surface area is 98.7 Å². The van der Waals surface area contributed by atoms with Gasteiger partial charge in [-0.1, -0.05) is 38.1 Å². The van der Waals surface area contributed by atoms with Gasteiger partial charge in [-0.2, -0.15) is 0 Å². The van der Waals surface area contributed by atoms with Gasteiger partial charge in [-0.25, -0.2) is 0 Å². The molecule has 0 saturated carbocycles. The van der Waals surface area contributed by atoms with Crippen molar-refractivity contribution in [3.63, 3.8) is 0 Å². The van der Waals surface area contributed by atoms with Crippen LogP contribution in [0.3, 0.4) is 0 Å². The van der Waals surface area contributed by atoms with E-state index in [1.807, 2.05) is 7.05 Å². The lowest BCUT2D eigenvalue weighted by Gasteiger charge is -2.17. The molecule has 2 heteroatoms. The monoisotopic (exact) mass is 221 g/mol. The Hall–Kier alpha value is -0.860. The standard InChI is InChI=1S/C14H23NO/c1-11(2)12-6-8-13(9-7-12)14(15-3)5-4-10-16/h6-9,11,14-16H,4-5,10H2,1-3H3. The summed E-state index contributed by atoms with van der Waals surface area (Å²) in [6, 6.07) is 9.13. The van der Waals surface area contributed by atoms with Crippen molar-refractivity contribution in [1.82, 2.24) is 5.32 Å². The highest BCUT2D eigenvalue weighted by Crippen LogP contribution is 2.21. The largest absolute Gasteiger partial charge is 0.396 e. The number of hydrogen-bond acceptors (Lipinski definition) is 2. The van der Waals surface area contributed by atoms with Gasteiger partial charge >= 0.3 is 0 Å². The summed E-state index contributed by atoms with van der Waals surface area (Å²) in [6.45, 7) is 4.68. The predicted octanol–water partition coefficient (Wildman–Crippen LogP) is 2.84. The fraction of sp³-hybridized carbons (Fsp3) is 0.571. The normalized spacial score (nSPS) is 13.1. The van der Waals surface area contributed by atoms with Crippen molar-refractivity contribution in [2.24, 2.45) is 0 Å². The maximum atomic E-state index is 8.85. The van der Waals surface area contributed by atoms with Crippen LogP contribution in [0.25, 0.3) is 0 Å². The number of aliphatic hydroxyl groups is 1. The highest BCUT2D eigenvalue weighted by atomic mass is 16.2. The molecular formula is C14H23NO. The van der Waals surface area contributed by atoms with Gasteiger partial charge in [-0.05, 0) is 36.9 Å². The highest BCUT2D eigenvalue weighted by Gasteiger charge is 2.08. The average molecular weight is 221 g/mol. The Morgan fingerprint density at radius 3 is 2.12 bits per heavy atom. The summed E-state index contributed by atoms with van der Waals surface area (Å²) in [5, 5.41) is 12.1. The lowest BCUT2D eigenvalue weighted by Crippen LogP contribution is -2.16. The molecule has 2 N–H and O–H groups in total. The van der Waals surface area contributed by atoms with Crippen molar-refractivity contribution >= 4 is 0 Å². The molecule has 2 nitrogen and oxygen atoms in total. The van der Waals surface area contributed by atoms with E-state index in [4.69, 9.17) is 5.11 Å². The van der Waals surface area contributed by atoms with Gasteiger partial charge in [0, 0.05) is 12.6 Å². The summed E-state index contributed by atoms with van der Waals surface area (Å²) in [7, 11) is 1.97. The van der Waals surface area contributed by atoms with Gasteiger partial charge in [-0.15, -0.1) is 0 Å². The van der Waals surface area contributed by atoms with Gasteiger partial charge in [0.2, 0.25) is 0 Å². The molecule has 0 amide bonds. The lowest BCUT2D eigenvalue weighted by atomic mass is 9.97. The van der Waals surface area contributed by atoms with E-state index < -0.39 is 0 Å². The van der Waals surface area contributed by atoms with Crippen LogP contribution >= 0.6 is 0 Å². The van der Waals surface area contributed by atoms with Crippen LogP contribution in [0.15, 0.2) is 24.3 Å². The Morgan fingerprint density at radius 1 is 1.12 bits per heavy atom. The van der Waals surface area contributed by atoms with E-state index >= 15 is 0 Å². The summed E-state index contributed by atoms with van der Waals surface area (Å²) in [6.07, 6.45) is 1.82. The van der Waals surface area contributed by atoms with Gasteiger partial charge in [0.25, 0.3) is 0 Å². The Morgan fingerprint density at radius 2 is 1.69 bits per heavy atom. The molecule has 1 atom stereocenters. The minimum atomic E-state index is 0.266. The third kappa shape index (κ3) is 3.62. The molecule has 16 heavy (non-hydrogen) atoms. The molecule has 1 aromatic rings. The predicted molar refractivity (Wildman–Crippen MR) is 68.7 cm³/mol. The van der Waals surface area contributed by atoms with Gasteiger partial charge in [-0.3, -0.25) is 0 Å². The van der Waals surface area contributed by atoms with Gasteiger partial charge in [0.1, 0.15) is 0 Å². The van der Waals surface area contributed by atoms with Crippen LogP contribution < -0.4 is 5.32 Å². The van der Waals surface area contributed by atoms with Crippen molar-refractivity contribution in [2.45, 2.75) is 38.6 Å². The molecule has 0 aliphatic heterocycles. The second-order valence-corrected chi connectivity index (χ2v) is 4.53. The minimum Gasteiger partial charge on any atom is -0.396 e. The molecule has 0 bridgehead atoms. The summed E-state index contributed by atoms with van der Waals surface area (Å²) in [4.78, 5) is 0. The van der Waals surface area contributed by atoms with Gasteiger partial charge in [0.05, 0.1) is 0 Å². The third-order valence-corrected chi connectivity index (χ3v) is 3.00. The number of benzene rings is 1. The topological polar surface area (TPSA) is 32.3 Å². The number of nitrogens with one attached hydrogen (secondary N) is 1. The SMILES string of the molecule is CNC(CCCO)c1ccc(C(C)C)cc1. The molecule has 1 aromatic carbocycles. The quantitative estimate of drug-likeness (QED) is 0.774. The first-order chi connectivity index (χ1) is 7.69.